The minimum Gasteiger partial charge on any atom is -0.416 e. The van der Waals surface area contributed by atoms with Crippen LogP contribution in [0.25, 0.3) is 0 Å². The molecule has 2 aliphatic rings. The minimum atomic E-state index is 0.148. The SMILES string of the molecule is Cc1nnc(SCC(=O)N2CCN(C3Cc4ccccc4C3)CC2)o1. The van der Waals surface area contributed by atoms with Crippen molar-refractivity contribution in [1.82, 2.24) is 20.0 Å². The van der Waals surface area contributed by atoms with E-state index in [0.717, 1.165) is 39.0 Å². The largest absolute Gasteiger partial charge is 0.416 e. The average Bonchev–Trinajstić information content (AvgIpc) is 3.25. The maximum absolute atomic E-state index is 12.4. The molecule has 25 heavy (non-hydrogen) atoms. The summed E-state index contributed by atoms with van der Waals surface area (Å²) in [5, 5.41) is 8.16. The fraction of sp³-hybridized carbons (Fsp3) is 0.500. The van der Waals surface area contributed by atoms with E-state index in [2.05, 4.69) is 39.4 Å². The number of thioether (sulfide) groups is 1. The second kappa shape index (κ2) is 7.17. The van der Waals surface area contributed by atoms with Crippen LogP contribution in [-0.4, -0.2) is 63.9 Å². The first-order valence-corrected chi connectivity index (χ1v) is 9.69. The first-order valence-electron chi connectivity index (χ1n) is 8.70. The highest BCUT2D eigenvalue weighted by atomic mass is 32.2. The van der Waals surface area contributed by atoms with Crippen LogP contribution in [0.4, 0.5) is 0 Å². The normalized spacial score (nSPS) is 18.5. The number of nitrogens with zero attached hydrogens (tertiary/aromatic N) is 4. The molecular weight excluding hydrogens is 336 g/mol. The molecule has 6 nitrogen and oxygen atoms in total. The van der Waals surface area contributed by atoms with Gasteiger partial charge in [-0.05, 0) is 24.0 Å². The lowest BCUT2D eigenvalue weighted by Crippen LogP contribution is -2.52. The van der Waals surface area contributed by atoms with Gasteiger partial charge in [0.25, 0.3) is 5.22 Å². The lowest BCUT2D eigenvalue weighted by atomic mass is 10.1. The summed E-state index contributed by atoms with van der Waals surface area (Å²) in [7, 11) is 0. The van der Waals surface area contributed by atoms with E-state index in [0.29, 0.717) is 22.9 Å². The van der Waals surface area contributed by atoms with E-state index in [1.807, 2.05) is 4.90 Å². The lowest BCUT2D eigenvalue weighted by molar-refractivity contribution is -0.130. The summed E-state index contributed by atoms with van der Waals surface area (Å²) in [6.07, 6.45) is 2.27. The van der Waals surface area contributed by atoms with Crippen molar-refractivity contribution in [3.8, 4) is 0 Å². The van der Waals surface area contributed by atoms with Gasteiger partial charge in [-0.25, -0.2) is 0 Å². The van der Waals surface area contributed by atoms with Crippen LogP contribution in [-0.2, 0) is 17.6 Å². The molecule has 0 atom stereocenters. The Bertz CT molecular complexity index is 730. The van der Waals surface area contributed by atoms with Crippen molar-refractivity contribution < 1.29 is 9.21 Å². The van der Waals surface area contributed by atoms with Crippen LogP contribution in [0.1, 0.15) is 17.0 Å². The van der Waals surface area contributed by atoms with Gasteiger partial charge in [-0.15, -0.1) is 10.2 Å². The number of hydrogen-bond donors (Lipinski definition) is 0. The molecule has 132 valence electrons. The van der Waals surface area contributed by atoms with E-state index < -0.39 is 0 Å². The maximum Gasteiger partial charge on any atom is 0.277 e. The van der Waals surface area contributed by atoms with Crippen molar-refractivity contribution in [2.75, 3.05) is 31.9 Å². The summed E-state index contributed by atoms with van der Waals surface area (Å²) >= 11 is 1.32. The molecule has 1 fully saturated rings. The molecule has 2 aromatic rings. The Morgan fingerprint density at radius 3 is 2.44 bits per heavy atom. The topological polar surface area (TPSA) is 62.5 Å². The summed E-state index contributed by atoms with van der Waals surface area (Å²) in [4.78, 5) is 16.9. The third-order valence-electron chi connectivity index (χ3n) is 5.04. The highest BCUT2D eigenvalue weighted by Gasteiger charge is 2.30. The van der Waals surface area contributed by atoms with Crippen LogP contribution >= 0.6 is 11.8 Å². The summed E-state index contributed by atoms with van der Waals surface area (Å²) in [5.74, 6) is 1.03. The molecule has 1 amide bonds. The molecule has 1 aromatic carbocycles. The molecule has 0 spiro atoms. The summed E-state index contributed by atoms with van der Waals surface area (Å²) < 4.78 is 5.30. The fourth-order valence-corrected chi connectivity index (χ4v) is 4.39. The van der Waals surface area contributed by atoms with Gasteiger partial charge in [0.05, 0.1) is 5.75 Å². The first-order chi connectivity index (χ1) is 12.2. The summed E-state index contributed by atoms with van der Waals surface area (Å²) in [6.45, 7) is 5.26. The van der Waals surface area contributed by atoms with E-state index in [1.54, 1.807) is 6.92 Å². The standard InChI is InChI=1S/C18H22N4O2S/c1-13-19-20-18(24-13)25-12-17(23)22-8-6-21(7-9-22)16-10-14-4-2-3-5-15(14)11-16/h2-5,16H,6-12H2,1H3. The maximum atomic E-state index is 12.4. The third kappa shape index (κ3) is 3.72. The van der Waals surface area contributed by atoms with Crippen LogP contribution in [0.2, 0.25) is 0 Å². The smallest absolute Gasteiger partial charge is 0.277 e. The Hall–Kier alpha value is -1.86. The number of amides is 1. The van der Waals surface area contributed by atoms with Gasteiger partial charge in [0, 0.05) is 39.1 Å². The second-order valence-electron chi connectivity index (χ2n) is 6.62. The number of hydrogen-bond acceptors (Lipinski definition) is 6. The predicted octanol–water partition coefficient (Wildman–Crippen LogP) is 1.78. The fourth-order valence-electron chi connectivity index (χ4n) is 3.68. The molecule has 1 aliphatic carbocycles. The Morgan fingerprint density at radius 2 is 1.84 bits per heavy atom. The molecule has 4 rings (SSSR count). The van der Waals surface area contributed by atoms with Crippen LogP contribution in [0.5, 0.6) is 0 Å². The van der Waals surface area contributed by atoms with E-state index in [1.165, 1.54) is 22.9 Å². The van der Waals surface area contributed by atoms with E-state index in [4.69, 9.17) is 4.42 Å². The third-order valence-corrected chi connectivity index (χ3v) is 5.84. The molecule has 7 heteroatoms. The molecule has 2 heterocycles. The number of carbonyl (C=O) groups excluding carboxylic acids is 1. The number of piperazine rings is 1. The number of aryl methyl sites for hydroxylation is 1. The Kier molecular flexibility index (Phi) is 4.76. The molecule has 1 saturated heterocycles. The second-order valence-corrected chi connectivity index (χ2v) is 7.55. The van der Waals surface area contributed by atoms with Crippen LogP contribution in [0.3, 0.4) is 0 Å². The number of fused-ring (bicyclic) bond motifs is 1. The Morgan fingerprint density at radius 1 is 1.16 bits per heavy atom. The molecule has 0 N–H and O–H groups in total. The number of carbonyl (C=O) groups is 1. The Balaban J connectivity index is 1.25. The molecule has 0 unspecified atom stereocenters. The van der Waals surface area contributed by atoms with Gasteiger partial charge in [-0.3, -0.25) is 9.69 Å². The molecule has 0 saturated carbocycles. The minimum absolute atomic E-state index is 0.148. The van der Waals surface area contributed by atoms with Gasteiger partial charge in [0.2, 0.25) is 11.8 Å². The molecule has 0 radical (unpaired) electrons. The molecule has 0 bridgehead atoms. The zero-order valence-corrected chi connectivity index (χ0v) is 15.2. The zero-order valence-electron chi connectivity index (χ0n) is 14.4. The van der Waals surface area contributed by atoms with Crippen LogP contribution < -0.4 is 0 Å². The van der Waals surface area contributed by atoms with Crippen molar-refractivity contribution >= 4 is 17.7 Å². The van der Waals surface area contributed by atoms with Gasteiger partial charge < -0.3 is 9.32 Å². The summed E-state index contributed by atoms with van der Waals surface area (Å²) in [5.41, 5.74) is 2.97. The van der Waals surface area contributed by atoms with E-state index >= 15 is 0 Å². The van der Waals surface area contributed by atoms with Gasteiger partial charge in [0.1, 0.15) is 0 Å². The number of aromatic nitrogens is 2. The lowest BCUT2D eigenvalue weighted by Gasteiger charge is -2.38. The molecule has 1 aromatic heterocycles. The Labute approximate surface area is 151 Å². The van der Waals surface area contributed by atoms with Crippen molar-refractivity contribution in [2.24, 2.45) is 0 Å². The highest BCUT2D eigenvalue weighted by molar-refractivity contribution is 7.99. The van der Waals surface area contributed by atoms with Crippen molar-refractivity contribution in [3.63, 3.8) is 0 Å². The van der Waals surface area contributed by atoms with Gasteiger partial charge in [0.15, 0.2) is 0 Å². The van der Waals surface area contributed by atoms with Crippen LogP contribution in [0.15, 0.2) is 33.9 Å². The monoisotopic (exact) mass is 358 g/mol. The van der Waals surface area contributed by atoms with E-state index in [9.17, 15) is 4.79 Å². The van der Waals surface area contributed by atoms with Crippen molar-refractivity contribution in [1.29, 1.82) is 0 Å². The molecular formula is C18H22N4O2S. The van der Waals surface area contributed by atoms with Crippen molar-refractivity contribution in [3.05, 3.63) is 41.3 Å². The summed E-state index contributed by atoms with van der Waals surface area (Å²) in [6, 6.07) is 9.32. The zero-order chi connectivity index (χ0) is 17.2. The van der Waals surface area contributed by atoms with Crippen molar-refractivity contribution in [2.45, 2.75) is 31.0 Å². The quantitative estimate of drug-likeness (QED) is 0.777. The predicted molar refractivity (Wildman–Crippen MR) is 95.6 cm³/mol. The average molecular weight is 358 g/mol. The first kappa shape index (κ1) is 16.6. The van der Waals surface area contributed by atoms with E-state index in [-0.39, 0.29) is 5.91 Å². The van der Waals surface area contributed by atoms with Gasteiger partial charge >= 0.3 is 0 Å². The number of benzene rings is 1. The number of rotatable bonds is 4. The highest BCUT2D eigenvalue weighted by Crippen LogP contribution is 2.26. The van der Waals surface area contributed by atoms with Gasteiger partial charge in [-0.1, -0.05) is 36.0 Å². The van der Waals surface area contributed by atoms with Crippen LogP contribution in [0, 0.1) is 6.92 Å². The van der Waals surface area contributed by atoms with Gasteiger partial charge in [-0.2, -0.15) is 0 Å². The molecule has 1 aliphatic heterocycles.